The summed E-state index contributed by atoms with van der Waals surface area (Å²) in [5.74, 6) is 0.419. The van der Waals surface area contributed by atoms with Gasteiger partial charge in [-0.05, 0) is 26.7 Å². The highest BCUT2D eigenvalue weighted by molar-refractivity contribution is 7.91. The van der Waals surface area contributed by atoms with Crippen molar-refractivity contribution in [1.29, 1.82) is 0 Å². The molecule has 1 rings (SSSR count). The van der Waals surface area contributed by atoms with Crippen LogP contribution in [0.3, 0.4) is 0 Å². The van der Waals surface area contributed by atoms with Crippen LogP contribution in [0.1, 0.15) is 42.8 Å². The third-order valence-corrected chi connectivity index (χ3v) is 5.14. The highest BCUT2D eigenvalue weighted by Crippen LogP contribution is 2.22. The molecule has 0 bridgehead atoms. The first kappa shape index (κ1) is 15.2. The van der Waals surface area contributed by atoms with Gasteiger partial charge in [0.1, 0.15) is 9.84 Å². The third-order valence-electron chi connectivity index (χ3n) is 3.35. The average Bonchev–Trinajstić information content (AvgIpc) is 2.53. The van der Waals surface area contributed by atoms with Crippen LogP contribution in [0.2, 0.25) is 0 Å². The predicted molar refractivity (Wildman–Crippen MR) is 73.2 cm³/mol. The molecule has 5 nitrogen and oxygen atoms in total. The van der Waals surface area contributed by atoms with E-state index in [2.05, 4.69) is 5.10 Å². The quantitative estimate of drug-likeness (QED) is 0.846. The third kappa shape index (κ3) is 3.55. The Morgan fingerprint density at radius 3 is 2.44 bits per heavy atom. The van der Waals surface area contributed by atoms with E-state index in [1.165, 1.54) is 0 Å². The smallest absolute Gasteiger partial charge is 0.150 e. The van der Waals surface area contributed by atoms with E-state index in [4.69, 9.17) is 5.73 Å². The van der Waals surface area contributed by atoms with Crippen LogP contribution in [0.4, 0.5) is 0 Å². The average molecular weight is 273 g/mol. The van der Waals surface area contributed by atoms with Gasteiger partial charge in [0.05, 0.1) is 11.4 Å². The number of nitrogens with two attached hydrogens (primary N) is 1. The molecule has 0 aliphatic carbocycles. The molecule has 0 aliphatic rings. The molecule has 0 aliphatic heterocycles. The number of aromatic nitrogens is 2. The van der Waals surface area contributed by atoms with Crippen LogP contribution in [0, 0.1) is 13.8 Å². The zero-order chi connectivity index (χ0) is 13.9. The largest absolute Gasteiger partial charge is 0.324 e. The van der Waals surface area contributed by atoms with E-state index in [0.717, 1.165) is 17.0 Å². The van der Waals surface area contributed by atoms with Gasteiger partial charge in [0.2, 0.25) is 0 Å². The fourth-order valence-corrected chi connectivity index (χ4v) is 3.03. The van der Waals surface area contributed by atoms with Crippen LogP contribution in [0.25, 0.3) is 0 Å². The number of hydrogen-bond acceptors (Lipinski definition) is 4. The van der Waals surface area contributed by atoms with Crippen LogP contribution < -0.4 is 5.73 Å². The molecule has 6 heteroatoms. The summed E-state index contributed by atoms with van der Waals surface area (Å²) in [7, 11) is -1.000. The van der Waals surface area contributed by atoms with Crippen LogP contribution in [0.5, 0.6) is 0 Å². The first-order chi connectivity index (χ1) is 8.28. The molecule has 1 atom stereocenters. The minimum atomic E-state index is -2.89. The maximum Gasteiger partial charge on any atom is 0.150 e. The Morgan fingerprint density at radius 1 is 1.39 bits per heavy atom. The van der Waals surface area contributed by atoms with Crippen molar-refractivity contribution in [2.24, 2.45) is 12.8 Å². The van der Waals surface area contributed by atoms with Crippen LogP contribution in [0.15, 0.2) is 0 Å². The molecule has 1 unspecified atom stereocenters. The van der Waals surface area contributed by atoms with Gasteiger partial charge in [-0.1, -0.05) is 6.92 Å². The Labute approximate surface area is 109 Å². The van der Waals surface area contributed by atoms with Crippen molar-refractivity contribution in [3.8, 4) is 0 Å². The van der Waals surface area contributed by atoms with Gasteiger partial charge < -0.3 is 5.73 Å². The zero-order valence-electron chi connectivity index (χ0n) is 11.6. The van der Waals surface area contributed by atoms with Gasteiger partial charge in [0.15, 0.2) is 0 Å². The van der Waals surface area contributed by atoms with Gasteiger partial charge in [0.25, 0.3) is 0 Å². The number of sulfone groups is 1. The molecule has 18 heavy (non-hydrogen) atoms. The van der Waals surface area contributed by atoms with E-state index in [1.807, 2.05) is 25.6 Å². The van der Waals surface area contributed by atoms with Crippen LogP contribution in [-0.2, 0) is 16.9 Å². The molecule has 1 heterocycles. The lowest BCUT2D eigenvalue weighted by atomic mass is 10.0. The lowest BCUT2D eigenvalue weighted by Gasteiger charge is -2.12. The molecule has 0 aromatic carbocycles. The van der Waals surface area contributed by atoms with Gasteiger partial charge in [-0.25, -0.2) is 8.42 Å². The summed E-state index contributed by atoms with van der Waals surface area (Å²) in [6.45, 7) is 5.59. The molecule has 1 aromatic rings. The SMILES string of the molecule is CCS(=O)(=O)CCCC(N)c1c(C)nn(C)c1C. The minimum absolute atomic E-state index is 0.134. The summed E-state index contributed by atoms with van der Waals surface area (Å²) < 4.78 is 24.6. The Morgan fingerprint density at radius 2 is 2.00 bits per heavy atom. The molecule has 2 N–H and O–H groups in total. The van der Waals surface area contributed by atoms with Crippen molar-refractivity contribution in [3.63, 3.8) is 0 Å². The summed E-state index contributed by atoms with van der Waals surface area (Å²) in [5, 5.41) is 4.32. The topological polar surface area (TPSA) is 78.0 Å². The maximum atomic E-state index is 11.4. The molecule has 0 saturated carbocycles. The maximum absolute atomic E-state index is 11.4. The minimum Gasteiger partial charge on any atom is -0.324 e. The highest BCUT2D eigenvalue weighted by atomic mass is 32.2. The molecule has 1 aromatic heterocycles. The number of aryl methyl sites for hydroxylation is 2. The number of hydrogen-bond donors (Lipinski definition) is 1. The number of nitrogens with zero attached hydrogens (tertiary/aromatic N) is 2. The highest BCUT2D eigenvalue weighted by Gasteiger charge is 2.17. The van der Waals surface area contributed by atoms with E-state index >= 15 is 0 Å². The zero-order valence-corrected chi connectivity index (χ0v) is 12.4. The molecular weight excluding hydrogens is 250 g/mol. The van der Waals surface area contributed by atoms with Gasteiger partial charge in [-0.15, -0.1) is 0 Å². The lowest BCUT2D eigenvalue weighted by Crippen LogP contribution is -2.15. The van der Waals surface area contributed by atoms with Gasteiger partial charge >= 0.3 is 0 Å². The van der Waals surface area contributed by atoms with Gasteiger partial charge in [0, 0.05) is 30.1 Å². The molecule has 0 saturated heterocycles. The van der Waals surface area contributed by atoms with Gasteiger partial charge in [-0.3, -0.25) is 4.68 Å². The van der Waals surface area contributed by atoms with E-state index < -0.39 is 9.84 Å². The summed E-state index contributed by atoms with van der Waals surface area (Å²) in [5.41, 5.74) is 9.17. The Hall–Kier alpha value is -0.880. The fourth-order valence-electron chi connectivity index (χ4n) is 2.14. The van der Waals surface area contributed by atoms with Crippen molar-refractivity contribution >= 4 is 9.84 Å². The summed E-state index contributed by atoms with van der Waals surface area (Å²) >= 11 is 0. The second-order valence-corrected chi connectivity index (χ2v) is 7.17. The van der Waals surface area contributed by atoms with Gasteiger partial charge in [-0.2, -0.15) is 5.10 Å². The molecule has 0 spiro atoms. The Kier molecular flexibility index (Phi) is 4.92. The van der Waals surface area contributed by atoms with Crippen molar-refractivity contribution < 1.29 is 8.42 Å². The number of rotatable bonds is 6. The van der Waals surface area contributed by atoms with Crippen molar-refractivity contribution in [3.05, 3.63) is 17.0 Å². The summed E-state index contributed by atoms with van der Waals surface area (Å²) in [6, 6.07) is -0.134. The monoisotopic (exact) mass is 273 g/mol. The second-order valence-electron chi connectivity index (χ2n) is 4.69. The summed E-state index contributed by atoms with van der Waals surface area (Å²) in [6.07, 6.45) is 1.28. The van der Waals surface area contributed by atoms with E-state index in [0.29, 0.717) is 12.8 Å². The van der Waals surface area contributed by atoms with E-state index in [1.54, 1.807) is 6.92 Å². The van der Waals surface area contributed by atoms with Crippen molar-refractivity contribution in [2.45, 2.75) is 39.7 Å². The first-order valence-electron chi connectivity index (χ1n) is 6.24. The van der Waals surface area contributed by atoms with E-state index in [9.17, 15) is 8.42 Å². The predicted octanol–water partition coefficient (Wildman–Crippen LogP) is 1.25. The fraction of sp³-hybridized carbons (Fsp3) is 0.750. The molecule has 104 valence electrons. The van der Waals surface area contributed by atoms with Crippen LogP contribution in [-0.4, -0.2) is 29.7 Å². The Bertz CT molecular complexity index is 506. The van der Waals surface area contributed by atoms with Crippen molar-refractivity contribution in [1.82, 2.24) is 9.78 Å². The molecule has 0 radical (unpaired) electrons. The molecule has 0 amide bonds. The van der Waals surface area contributed by atoms with Crippen molar-refractivity contribution in [2.75, 3.05) is 11.5 Å². The standard InChI is InChI=1S/C12H23N3O2S/c1-5-18(16,17)8-6-7-11(13)12-9(2)14-15(4)10(12)3/h11H,5-8,13H2,1-4H3. The summed E-state index contributed by atoms with van der Waals surface area (Å²) in [4.78, 5) is 0. The lowest BCUT2D eigenvalue weighted by molar-refractivity contribution is 0.582. The Balaban J connectivity index is 2.64. The van der Waals surface area contributed by atoms with E-state index in [-0.39, 0.29) is 17.5 Å². The molecule has 0 fully saturated rings. The molecular formula is C12H23N3O2S. The first-order valence-corrected chi connectivity index (χ1v) is 8.06. The normalized spacial score (nSPS) is 13.8. The second kappa shape index (κ2) is 5.84. The van der Waals surface area contributed by atoms with Crippen LogP contribution >= 0.6 is 0 Å².